The zero-order valence-electron chi connectivity index (χ0n) is 10.4. The van der Waals surface area contributed by atoms with Crippen LogP contribution in [0.5, 0.6) is 0 Å². The van der Waals surface area contributed by atoms with Crippen molar-refractivity contribution in [1.29, 1.82) is 0 Å². The molecule has 100 valence electrons. The molecule has 0 saturated heterocycles. The van der Waals surface area contributed by atoms with Crippen molar-refractivity contribution in [2.75, 3.05) is 0 Å². The summed E-state index contributed by atoms with van der Waals surface area (Å²) < 4.78 is 0. The minimum absolute atomic E-state index is 0.0729. The van der Waals surface area contributed by atoms with Crippen LogP contribution < -0.4 is 11.1 Å². The molecule has 0 aliphatic rings. The van der Waals surface area contributed by atoms with Crippen LogP contribution in [0.4, 0.5) is 0 Å². The number of amides is 1. The number of benzene rings is 1. The van der Waals surface area contributed by atoms with E-state index in [0.717, 1.165) is 5.56 Å². The first-order chi connectivity index (χ1) is 9.04. The number of carboxylic acids is 1. The molecule has 5 heteroatoms. The van der Waals surface area contributed by atoms with Gasteiger partial charge in [-0.15, -0.1) is 12.3 Å². The SMILES string of the molecule is C#CCC(N)C(=O)N[C@H](Cc1ccccc1)C(=O)O. The van der Waals surface area contributed by atoms with Gasteiger partial charge in [0.1, 0.15) is 6.04 Å². The highest BCUT2D eigenvalue weighted by Crippen LogP contribution is 2.04. The van der Waals surface area contributed by atoms with Crippen LogP contribution >= 0.6 is 0 Å². The second-order valence-electron chi connectivity index (χ2n) is 4.10. The molecule has 1 amide bonds. The summed E-state index contributed by atoms with van der Waals surface area (Å²) >= 11 is 0. The van der Waals surface area contributed by atoms with Gasteiger partial charge in [0.05, 0.1) is 6.04 Å². The van der Waals surface area contributed by atoms with Crippen molar-refractivity contribution in [2.24, 2.45) is 5.73 Å². The summed E-state index contributed by atoms with van der Waals surface area (Å²) in [5, 5.41) is 11.5. The van der Waals surface area contributed by atoms with Crippen molar-refractivity contribution < 1.29 is 14.7 Å². The molecule has 0 spiro atoms. The predicted octanol–water partition coefficient (Wildman–Crippen LogP) is 0.149. The quantitative estimate of drug-likeness (QED) is 0.635. The summed E-state index contributed by atoms with van der Waals surface area (Å²) in [5.41, 5.74) is 6.34. The summed E-state index contributed by atoms with van der Waals surface area (Å²) in [5.74, 6) is 0.607. The van der Waals surface area contributed by atoms with Crippen LogP contribution in [0.15, 0.2) is 30.3 Å². The van der Waals surface area contributed by atoms with Crippen LogP contribution in [0.2, 0.25) is 0 Å². The number of carboxylic acid groups (broad SMARTS) is 1. The molecule has 0 aliphatic carbocycles. The van der Waals surface area contributed by atoms with E-state index in [4.69, 9.17) is 17.3 Å². The molecule has 19 heavy (non-hydrogen) atoms. The van der Waals surface area contributed by atoms with Crippen LogP contribution in [0.3, 0.4) is 0 Å². The second-order valence-corrected chi connectivity index (χ2v) is 4.10. The molecule has 2 atom stereocenters. The fourth-order valence-corrected chi connectivity index (χ4v) is 1.55. The Morgan fingerprint density at radius 3 is 2.53 bits per heavy atom. The molecule has 4 N–H and O–H groups in total. The topological polar surface area (TPSA) is 92.4 Å². The molecule has 1 unspecified atom stereocenters. The van der Waals surface area contributed by atoms with E-state index in [9.17, 15) is 9.59 Å². The number of hydrogen-bond donors (Lipinski definition) is 3. The van der Waals surface area contributed by atoms with E-state index in [1.165, 1.54) is 0 Å². The Kier molecular flexibility index (Phi) is 5.58. The highest BCUT2D eigenvalue weighted by molar-refractivity contribution is 5.87. The largest absolute Gasteiger partial charge is 0.480 e. The van der Waals surface area contributed by atoms with Crippen molar-refractivity contribution in [1.82, 2.24) is 5.32 Å². The summed E-state index contributed by atoms with van der Waals surface area (Å²) in [4.78, 5) is 22.8. The number of nitrogens with one attached hydrogen (secondary N) is 1. The molecule has 0 heterocycles. The lowest BCUT2D eigenvalue weighted by molar-refractivity contribution is -0.141. The first-order valence-electron chi connectivity index (χ1n) is 5.80. The van der Waals surface area contributed by atoms with E-state index in [-0.39, 0.29) is 12.8 Å². The summed E-state index contributed by atoms with van der Waals surface area (Å²) in [7, 11) is 0. The zero-order valence-corrected chi connectivity index (χ0v) is 10.4. The van der Waals surface area contributed by atoms with Gasteiger partial charge in [0.25, 0.3) is 0 Å². The number of hydrogen-bond acceptors (Lipinski definition) is 3. The second kappa shape index (κ2) is 7.19. The van der Waals surface area contributed by atoms with Gasteiger partial charge in [-0.2, -0.15) is 0 Å². The van der Waals surface area contributed by atoms with Crippen LogP contribution in [0, 0.1) is 12.3 Å². The van der Waals surface area contributed by atoms with E-state index in [0.29, 0.717) is 0 Å². The van der Waals surface area contributed by atoms with Crippen LogP contribution in [0.25, 0.3) is 0 Å². The smallest absolute Gasteiger partial charge is 0.326 e. The lowest BCUT2D eigenvalue weighted by Crippen LogP contribution is -2.49. The van der Waals surface area contributed by atoms with E-state index >= 15 is 0 Å². The third-order valence-electron chi connectivity index (χ3n) is 2.57. The third-order valence-corrected chi connectivity index (χ3v) is 2.57. The van der Waals surface area contributed by atoms with Gasteiger partial charge in [-0.1, -0.05) is 30.3 Å². The van der Waals surface area contributed by atoms with Gasteiger partial charge in [-0.05, 0) is 5.56 Å². The summed E-state index contributed by atoms with van der Waals surface area (Å²) in [6, 6.07) is 7.13. The number of terminal acetylenes is 1. The Balaban J connectivity index is 2.67. The van der Waals surface area contributed by atoms with E-state index in [1.54, 1.807) is 24.3 Å². The van der Waals surface area contributed by atoms with E-state index in [1.807, 2.05) is 6.07 Å². The molecule has 0 saturated carbocycles. The molecule has 0 radical (unpaired) electrons. The third kappa shape index (κ3) is 4.82. The van der Waals surface area contributed by atoms with Crippen molar-refractivity contribution in [3.63, 3.8) is 0 Å². The van der Waals surface area contributed by atoms with Crippen molar-refractivity contribution in [3.8, 4) is 12.3 Å². The Labute approximate surface area is 111 Å². The van der Waals surface area contributed by atoms with Crippen LogP contribution in [0.1, 0.15) is 12.0 Å². The van der Waals surface area contributed by atoms with E-state index in [2.05, 4.69) is 11.2 Å². The Bertz CT molecular complexity index is 479. The minimum Gasteiger partial charge on any atom is -0.480 e. The molecule has 0 bridgehead atoms. The summed E-state index contributed by atoms with van der Waals surface area (Å²) in [6.07, 6.45) is 5.33. The molecular formula is C14H16N2O3. The molecule has 1 aromatic rings. The van der Waals surface area contributed by atoms with Crippen LogP contribution in [-0.2, 0) is 16.0 Å². The van der Waals surface area contributed by atoms with Gasteiger partial charge in [-0.25, -0.2) is 4.79 Å². The Morgan fingerprint density at radius 2 is 2.00 bits per heavy atom. The van der Waals surface area contributed by atoms with Crippen molar-refractivity contribution in [2.45, 2.75) is 24.9 Å². The maximum Gasteiger partial charge on any atom is 0.326 e. The van der Waals surface area contributed by atoms with Gasteiger partial charge in [0, 0.05) is 12.8 Å². The van der Waals surface area contributed by atoms with Gasteiger partial charge >= 0.3 is 5.97 Å². The summed E-state index contributed by atoms with van der Waals surface area (Å²) in [6.45, 7) is 0. The Morgan fingerprint density at radius 1 is 1.37 bits per heavy atom. The van der Waals surface area contributed by atoms with Crippen molar-refractivity contribution >= 4 is 11.9 Å². The normalized spacial score (nSPS) is 13.1. The monoisotopic (exact) mass is 260 g/mol. The average Bonchev–Trinajstić information content (AvgIpc) is 2.39. The number of nitrogens with two attached hydrogens (primary N) is 1. The zero-order chi connectivity index (χ0) is 14.3. The molecule has 1 aromatic carbocycles. The average molecular weight is 260 g/mol. The fourth-order valence-electron chi connectivity index (χ4n) is 1.55. The standard InChI is InChI=1S/C14H16N2O3/c1-2-6-11(15)13(17)16-12(14(18)19)9-10-7-4-3-5-8-10/h1,3-5,7-8,11-12H,6,9,15H2,(H,16,17)(H,18,19)/t11?,12-/m1/s1. The lowest BCUT2D eigenvalue weighted by atomic mass is 10.1. The van der Waals surface area contributed by atoms with Crippen molar-refractivity contribution in [3.05, 3.63) is 35.9 Å². The molecule has 0 aliphatic heterocycles. The first kappa shape index (κ1) is 14.7. The first-order valence-corrected chi connectivity index (χ1v) is 5.80. The van der Waals surface area contributed by atoms with Gasteiger partial charge < -0.3 is 16.2 Å². The van der Waals surface area contributed by atoms with Gasteiger partial charge in [0.2, 0.25) is 5.91 Å². The van der Waals surface area contributed by atoms with Gasteiger partial charge in [0.15, 0.2) is 0 Å². The van der Waals surface area contributed by atoms with Crippen LogP contribution in [-0.4, -0.2) is 29.1 Å². The number of rotatable bonds is 6. The van der Waals surface area contributed by atoms with E-state index < -0.39 is 24.0 Å². The maximum atomic E-state index is 11.6. The molecule has 1 rings (SSSR count). The highest BCUT2D eigenvalue weighted by atomic mass is 16.4. The highest BCUT2D eigenvalue weighted by Gasteiger charge is 2.23. The lowest BCUT2D eigenvalue weighted by Gasteiger charge is -2.16. The Hall–Kier alpha value is -2.32. The maximum absolute atomic E-state index is 11.6. The molecule has 0 aromatic heterocycles. The molecular weight excluding hydrogens is 244 g/mol. The molecule has 5 nitrogen and oxygen atoms in total. The number of carbonyl (C=O) groups is 2. The number of aliphatic carboxylic acids is 1. The van der Waals surface area contributed by atoms with Gasteiger partial charge in [-0.3, -0.25) is 4.79 Å². The fraction of sp³-hybridized carbons (Fsp3) is 0.286. The minimum atomic E-state index is -1.11. The molecule has 0 fully saturated rings. The number of carbonyl (C=O) groups excluding carboxylic acids is 1. The predicted molar refractivity (Wildman–Crippen MR) is 71.1 cm³/mol.